The van der Waals surface area contributed by atoms with Gasteiger partial charge in [-0.05, 0) is 30.7 Å². The Morgan fingerprint density at radius 1 is 0.933 bits per heavy atom. The zero-order valence-corrected chi connectivity index (χ0v) is 16.2. The molecular weight excluding hydrogens is 378 g/mol. The highest BCUT2D eigenvalue weighted by molar-refractivity contribution is 6.09. The van der Waals surface area contributed by atoms with Gasteiger partial charge in [0.05, 0.1) is 5.92 Å². The van der Waals surface area contributed by atoms with E-state index in [1.165, 1.54) is 0 Å². The summed E-state index contributed by atoms with van der Waals surface area (Å²) in [7, 11) is 0. The molecule has 0 aliphatic carbocycles. The van der Waals surface area contributed by atoms with Gasteiger partial charge in [0.2, 0.25) is 11.9 Å². The van der Waals surface area contributed by atoms with Gasteiger partial charge in [-0.3, -0.25) is 25.0 Å². The molecule has 7 heteroatoms. The highest BCUT2D eigenvalue weighted by Gasteiger charge is 2.19. The third-order valence-corrected chi connectivity index (χ3v) is 4.71. The van der Waals surface area contributed by atoms with Gasteiger partial charge in [0.1, 0.15) is 5.69 Å². The van der Waals surface area contributed by atoms with Crippen molar-refractivity contribution in [3.8, 4) is 11.5 Å². The zero-order valence-electron chi connectivity index (χ0n) is 16.2. The molecule has 0 aliphatic heterocycles. The van der Waals surface area contributed by atoms with Crippen LogP contribution in [0.4, 0.5) is 5.95 Å². The molecule has 0 radical (unpaired) electrons. The number of hydrogen-bond donors (Lipinski definition) is 2. The zero-order chi connectivity index (χ0) is 20.9. The third kappa shape index (κ3) is 4.15. The van der Waals surface area contributed by atoms with E-state index in [1.54, 1.807) is 55.6 Å². The fraction of sp³-hybridized carbons (Fsp3) is 0.0870. The van der Waals surface area contributed by atoms with Crippen molar-refractivity contribution >= 4 is 17.6 Å². The number of H-pyrrole nitrogens is 1. The van der Waals surface area contributed by atoms with Gasteiger partial charge in [-0.15, -0.1) is 5.10 Å². The molecule has 1 unspecified atom stereocenters. The molecule has 4 rings (SSSR count). The summed E-state index contributed by atoms with van der Waals surface area (Å²) in [6.45, 7) is 1.77. The number of carbonyl (C=O) groups excluding carboxylic acids is 2. The molecule has 0 spiro atoms. The first-order valence-electron chi connectivity index (χ1n) is 9.46. The maximum absolute atomic E-state index is 12.7. The van der Waals surface area contributed by atoms with Crippen LogP contribution < -0.4 is 5.32 Å². The summed E-state index contributed by atoms with van der Waals surface area (Å²) < 4.78 is 0. The predicted octanol–water partition coefficient (Wildman–Crippen LogP) is 3.84. The Morgan fingerprint density at radius 3 is 2.47 bits per heavy atom. The van der Waals surface area contributed by atoms with Crippen LogP contribution in [0.5, 0.6) is 0 Å². The van der Waals surface area contributed by atoms with Crippen LogP contribution in [0, 0.1) is 0 Å². The first-order chi connectivity index (χ1) is 14.6. The molecule has 2 aromatic carbocycles. The summed E-state index contributed by atoms with van der Waals surface area (Å²) in [6.07, 6.45) is 1.65. The number of rotatable bonds is 6. The second-order valence-corrected chi connectivity index (χ2v) is 6.75. The number of hydrogen-bond acceptors (Lipinski definition) is 5. The van der Waals surface area contributed by atoms with Crippen molar-refractivity contribution in [1.29, 1.82) is 0 Å². The number of nitrogens with one attached hydrogen (secondary N) is 2. The van der Waals surface area contributed by atoms with Crippen molar-refractivity contribution in [2.45, 2.75) is 12.8 Å². The minimum Gasteiger partial charge on any atom is -0.293 e. The molecule has 1 amide bonds. The summed E-state index contributed by atoms with van der Waals surface area (Å²) in [6, 6.07) is 21.6. The van der Waals surface area contributed by atoms with E-state index in [2.05, 4.69) is 25.5 Å². The van der Waals surface area contributed by atoms with E-state index < -0.39 is 5.92 Å². The van der Waals surface area contributed by atoms with Gasteiger partial charge < -0.3 is 0 Å². The molecule has 0 bridgehead atoms. The Hall–Kier alpha value is -4.13. The molecule has 4 aromatic rings. The monoisotopic (exact) mass is 397 g/mol. The number of aromatic nitrogens is 4. The molecule has 2 N–H and O–H groups in total. The quantitative estimate of drug-likeness (QED) is 0.482. The highest BCUT2D eigenvalue weighted by Crippen LogP contribution is 2.21. The molecule has 0 fully saturated rings. The Labute approximate surface area is 173 Å². The van der Waals surface area contributed by atoms with Crippen LogP contribution in [0.3, 0.4) is 0 Å². The van der Waals surface area contributed by atoms with E-state index >= 15 is 0 Å². The summed E-state index contributed by atoms with van der Waals surface area (Å²) >= 11 is 0. The summed E-state index contributed by atoms with van der Waals surface area (Å²) in [5.74, 6) is -0.215. The summed E-state index contributed by atoms with van der Waals surface area (Å²) in [5.41, 5.74) is 2.50. The Kier molecular flexibility index (Phi) is 5.43. The van der Waals surface area contributed by atoms with Crippen LogP contribution in [0.2, 0.25) is 0 Å². The van der Waals surface area contributed by atoms with Gasteiger partial charge in [0, 0.05) is 17.3 Å². The molecule has 30 heavy (non-hydrogen) atoms. The second-order valence-electron chi connectivity index (χ2n) is 6.75. The van der Waals surface area contributed by atoms with Gasteiger partial charge in [-0.2, -0.15) is 4.98 Å². The fourth-order valence-electron chi connectivity index (χ4n) is 3.01. The lowest BCUT2D eigenvalue weighted by Gasteiger charge is -2.12. The van der Waals surface area contributed by atoms with Gasteiger partial charge in [-0.1, -0.05) is 54.6 Å². The number of benzene rings is 2. The lowest BCUT2D eigenvalue weighted by atomic mass is 9.95. The van der Waals surface area contributed by atoms with Crippen molar-refractivity contribution in [2.24, 2.45) is 0 Å². The number of aromatic amines is 1. The largest absolute Gasteiger partial charge is 0.293 e. The summed E-state index contributed by atoms with van der Waals surface area (Å²) in [4.78, 5) is 33.9. The van der Waals surface area contributed by atoms with Crippen molar-refractivity contribution in [3.05, 3.63) is 95.7 Å². The third-order valence-electron chi connectivity index (χ3n) is 4.71. The van der Waals surface area contributed by atoms with Gasteiger partial charge in [-0.25, -0.2) is 0 Å². The van der Waals surface area contributed by atoms with Crippen LogP contribution in [0.15, 0.2) is 79.0 Å². The fourth-order valence-corrected chi connectivity index (χ4v) is 3.01. The molecule has 7 nitrogen and oxygen atoms in total. The van der Waals surface area contributed by atoms with E-state index in [4.69, 9.17) is 0 Å². The SMILES string of the molecule is CC(C(=O)Nc1n[nH]c(-c2ccccn2)n1)c1cccc(C(=O)c2ccccc2)c1. The lowest BCUT2D eigenvalue weighted by molar-refractivity contribution is -0.117. The second kappa shape index (κ2) is 8.48. The number of carbonyl (C=O) groups is 2. The average molecular weight is 397 g/mol. The van der Waals surface area contributed by atoms with E-state index in [9.17, 15) is 9.59 Å². The molecule has 2 aromatic heterocycles. The van der Waals surface area contributed by atoms with E-state index in [0.717, 1.165) is 5.56 Å². The number of nitrogens with zero attached hydrogens (tertiary/aromatic N) is 3. The molecule has 0 aliphatic rings. The maximum atomic E-state index is 12.7. The van der Waals surface area contributed by atoms with E-state index in [1.807, 2.05) is 30.3 Å². The minimum atomic E-state index is -0.495. The number of ketones is 1. The first kappa shape index (κ1) is 19.2. The van der Waals surface area contributed by atoms with Crippen molar-refractivity contribution in [1.82, 2.24) is 20.2 Å². The highest BCUT2D eigenvalue weighted by atomic mass is 16.2. The Morgan fingerprint density at radius 2 is 1.70 bits per heavy atom. The smallest absolute Gasteiger partial charge is 0.249 e. The molecule has 0 saturated heterocycles. The number of amides is 1. The average Bonchev–Trinajstić information content (AvgIpc) is 3.28. The Balaban J connectivity index is 1.48. The standard InChI is InChI=1S/C23H19N5O2/c1-15(17-10-7-11-18(14-17)20(29)16-8-3-2-4-9-16)22(30)26-23-25-21(27-28-23)19-12-5-6-13-24-19/h2-15H,1H3,(H2,25,26,27,28,30). The molecule has 2 heterocycles. The molecule has 148 valence electrons. The maximum Gasteiger partial charge on any atom is 0.249 e. The van der Waals surface area contributed by atoms with Crippen molar-refractivity contribution < 1.29 is 9.59 Å². The van der Waals surface area contributed by atoms with E-state index in [-0.39, 0.29) is 17.6 Å². The topological polar surface area (TPSA) is 101 Å². The van der Waals surface area contributed by atoms with Crippen LogP contribution in [0.1, 0.15) is 34.3 Å². The Bertz CT molecular complexity index is 1170. The molecular formula is C23H19N5O2. The number of pyridine rings is 1. The summed E-state index contributed by atoms with van der Waals surface area (Å²) in [5, 5.41) is 9.50. The minimum absolute atomic E-state index is 0.0842. The molecule has 1 atom stereocenters. The van der Waals surface area contributed by atoms with Gasteiger partial charge >= 0.3 is 0 Å². The molecule has 0 saturated carbocycles. The number of anilines is 1. The van der Waals surface area contributed by atoms with E-state index in [0.29, 0.717) is 22.6 Å². The van der Waals surface area contributed by atoms with Crippen molar-refractivity contribution in [3.63, 3.8) is 0 Å². The normalized spacial score (nSPS) is 11.6. The van der Waals surface area contributed by atoms with Crippen LogP contribution in [-0.2, 0) is 4.79 Å². The van der Waals surface area contributed by atoms with Crippen LogP contribution in [-0.4, -0.2) is 31.9 Å². The van der Waals surface area contributed by atoms with Crippen LogP contribution >= 0.6 is 0 Å². The van der Waals surface area contributed by atoms with Gasteiger partial charge in [0.15, 0.2) is 11.6 Å². The predicted molar refractivity (Wildman–Crippen MR) is 113 cm³/mol. The van der Waals surface area contributed by atoms with Gasteiger partial charge in [0.25, 0.3) is 0 Å². The first-order valence-corrected chi connectivity index (χ1v) is 9.46. The lowest BCUT2D eigenvalue weighted by Crippen LogP contribution is -2.20. The van der Waals surface area contributed by atoms with Crippen molar-refractivity contribution in [2.75, 3.05) is 5.32 Å². The van der Waals surface area contributed by atoms with Crippen LogP contribution in [0.25, 0.3) is 11.5 Å².